The maximum absolute atomic E-state index is 12.0. The number of anilines is 1. The van der Waals surface area contributed by atoms with Gasteiger partial charge in [0.05, 0.1) is 35.7 Å². The summed E-state index contributed by atoms with van der Waals surface area (Å²) >= 11 is 4.85. The van der Waals surface area contributed by atoms with Gasteiger partial charge in [0.15, 0.2) is 0 Å². The minimum atomic E-state index is -0.131. The van der Waals surface area contributed by atoms with Gasteiger partial charge < -0.3 is 5.32 Å². The number of rotatable bonds is 4. The lowest BCUT2D eigenvalue weighted by Crippen LogP contribution is -2.26. The molecule has 0 aliphatic carbocycles. The monoisotopic (exact) mass is 328 g/mol. The zero-order valence-corrected chi connectivity index (χ0v) is 12.5. The fraction of sp³-hybridized carbons (Fsp3) is 0.364. The summed E-state index contributed by atoms with van der Waals surface area (Å²) < 4.78 is 1.94. The molecule has 5 nitrogen and oxygen atoms in total. The first-order valence-corrected chi connectivity index (χ1v) is 7.21. The van der Waals surface area contributed by atoms with Crippen molar-refractivity contribution < 1.29 is 0 Å². The number of thiazole rings is 1. The molecule has 0 amide bonds. The van der Waals surface area contributed by atoms with Crippen LogP contribution in [0, 0.1) is 0 Å². The van der Waals surface area contributed by atoms with Gasteiger partial charge in [0.25, 0.3) is 5.56 Å². The Bertz CT molecular complexity index is 579. The predicted molar refractivity (Wildman–Crippen MR) is 76.0 cm³/mol. The van der Waals surface area contributed by atoms with E-state index < -0.39 is 0 Å². The third-order valence-corrected chi connectivity index (χ3v) is 3.78. The first-order chi connectivity index (χ1) is 8.59. The molecule has 0 aliphatic heterocycles. The van der Waals surface area contributed by atoms with Crippen molar-refractivity contribution in [2.24, 2.45) is 0 Å². The molecule has 7 heteroatoms. The standard InChI is InChI=1S/C11H13BrN4OS/c1-7(2)16-11(17)10(12)9(4-15-16)13-3-8-5-18-6-14-8/h4-7,13H,3H2,1-2H3. The lowest BCUT2D eigenvalue weighted by Gasteiger charge is -2.11. The van der Waals surface area contributed by atoms with Crippen LogP contribution < -0.4 is 10.9 Å². The van der Waals surface area contributed by atoms with Crippen LogP contribution in [0.3, 0.4) is 0 Å². The molecule has 0 saturated heterocycles. The van der Waals surface area contributed by atoms with Crippen molar-refractivity contribution in [3.63, 3.8) is 0 Å². The van der Waals surface area contributed by atoms with Gasteiger partial charge in [-0.3, -0.25) is 4.79 Å². The topological polar surface area (TPSA) is 59.8 Å². The van der Waals surface area contributed by atoms with Crippen LogP contribution in [0.5, 0.6) is 0 Å². The Morgan fingerprint density at radius 3 is 2.94 bits per heavy atom. The molecule has 1 N–H and O–H groups in total. The highest BCUT2D eigenvalue weighted by Crippen LogP contribution is 2.18. The van der Waals surface area contributed by atoms with Crippen molar-refractivity contribution in [2.75, 3.05) is 5.32 Å². The van der Waals surface area contributed by atoms with Gasteiger partial charge in [-0.25, -0.2) is 9.67 Å². The third-order valence-electron chi connectivity index (χ3n) is 2.38. The van der Waals surface area contributed by atoms with Crippen LogP contribution >= 0.6 is 27.3 Å². The Morgan fingerprint density at radius 2 is 2.33 bits per heavy atom. The van der Waals surface area contributed by atoms with E-state index in [0.29, 0.717) is 16.7 Å². The van der Waals surface area contributed by atoms with Crippen molar-refractivity contribution in [3.8, 4) is 0 Å². The van der Waals surface area contributed by atoms with E-state index in [0.717, 1.165) is 5.69 Å². The summed E-state index contributed by atoms with van der Waals surface area (Å²) in [4.78, 5) is 16.2. The largest absolute Gasteiger partial charge is 0.377 e. The molecule has 0 saturated carbocycles. The molecule has 2 heterocycles. The Morgan fingerprint density at radius 1 is 1.56 bits per heavy atom. The molecule has 96 valence electrons. The summed E-state index contributed by atoms with van der Waals surface area (Å²) in [5, 5.41) is 9.24. The number of halogens is 1. The zero-order valence-electron chi connectivity index (χ0n) is 10.1. The number of hydrogen-bond donors (Lipinski definition) is 1. The third kappa shape index (κ3) is 2.78. The van der Waals surface area contributed by atoms with Gasteiger partial charge in [-0.1, -0.05) is 0 Å². The molecule has 0 aromatic carbocycles. The highest BCUT2D eigenvalue weighted by atomic mass is 79.9. The minimum Gasteiger partial charge on any atom is -0.377 e. The van der Waals surface area contributed by atoms with Crippen LogP contribution in [0.1, 0.15) is 25.6 Å². The van der Waals surface area contributed by atoms with Gasteiger partial charge in [-0.2, -0.15) is 5.10 Å². The quantitative estimate of drug-likeness (QED) is 0.937. The van der Waals surface area contributed by atoms with E-state index in [4.69, 9.17) is 0 Å². The molecule has 18 heavy (non-hydrogen) atoms. The minimum absolute atomic E-state index is 0.0430. The van der Waals surface area contributed by atoms with Crippen LogP contribution in [-0.2, 0) is 6.54 Å². The molecule has 0 aliphatic rings. The lowest BCUT2D eigenvalue weighted by molar-refractivity contribution is 0.501. The average Bonchev–Trinajstić information content (AvgIpc) is 2.83. The van der Waals surface area contributed by atoms with Gasteiger partial charge >= 0.3 is 0 Å². The van der Waals surface area contributed by atoms with Crippen molar-refractivity contribution >= 4 is 33.0 Å². The molecular weight excluding hydrogens is 316 g/mol. The van der Waals surface area contributed by atoms with Gasteiger partial charge in [0.1, 0.15) is 4.47 Å². The Balaban J connectivity index is 2.20. The highest BCUT2D eigenvalue weighted by molar-refractivity contribution is 9.10. The van der Waals surface area contributed by atoms with Crippen LogP contribution in [0.2, 0.25) is 0 Å². The molecule has 2 aromatic heterocycles. The molecule has 0 radical (unpaired) electrons. The van der Waals surface area contributed by atoms with Gasteiger partial charge in [-0.15, -0.1) is 11.3 Å². The zero-order chi connectivity index (χ0) is 13.1. The van der Waals surface area contributed by atoms with Crippen LogP contribution in [-0.4, -0.2) is 14.8 Å². The van der Waals surface area contributed by atoms with E-state index in [9.17, 15) is 4.79 Å². The van der Waals surface area contributed by atoms with E-state index in [1.807, 2.05) is 19.2 Å². The Kier molecular flexibility index (Phi) is 4.13. The van der Waals surface area contributed by atoms with Crippen LogP contribution in [0.25, 0.3) is 0 Å². The number of aromatic nitrogens is 3. The second kappa shape index (κ2) is 5.62. The van der Waals surface area contributed by atoms with Gasteiger partial charge in [0.2, 0.25) is 0 Å². The maximum Gasteiger partial charge on any atom is 0.283 e. The van der Waals surface area contributed by atoms with E-state index in [1.54, 1.807) is 23.0 Å². The molecule has 0 bridgehead atoms. The first kappa shape index (κ1) is 13.2. The maximum atomic E-state index is 12.0. The Hall–Kier alpha value is -1.21. The fourth-order valence-corrected chi connectivity index (χ4v) is 2.43. The van der Waals surface area contributed by atoms with Crippen molar-refractivity contribution in [3.05, 3.63) is 37.6 Å². The molecule has 0 fully saturated rings. The van der Waals surface area contributed by atoms with Gasteiger partial charge in [0, 0.05) is 5.38 Å². The summed E-state index contributed by atoms with van der Waals surface area (Å²) in [7, 11) is 0. The van der Waals surface area contributed by atoms with E-state index >= 15 is 0 Å². The molecule has 2 aromatic rings. The summed E-state index contributed by atoms with van der Waals surface area (Å²) in [5.41, 5.74) is 3.28. The van der Waals surface area contributed by atoms with E-state index in [-0.39, 0.29) is 11.6 Å². The summed E-state index contributed by atoms with van der Waals surface area (Å²) in [6, 6.07) is 0.0430. The molecule has 0 unspecified atom stereocenters. The normalized spacial score (nSPS) is 10.9. The second-order valence-corrected chi connectivity index (χ2v) is 5.56. The van der Waals surface area contributed by atoms with Crippen LogP contribution in [0.15, 0.2) is 26.4 Å². The van der Waals surface area contributed by atoms with E-state index in [2.05, 4.69) is 31.3 Å². The number of nitrogens with one attached hydrogen (secondary N) is 1. The average molecular weight is 329 g/mol. The second-order valence-electron chi connectivity index (χ2n) is 4.05. The molecule has 0 spiro atoms. The fourth-order valence-electron chi connectivity index (χ4n) is 1.45. The predicted octanol–water partition coefficient (Wildman–Crippen LogP) is 2.66. The summed E-state index contributed by atoms with van der Waals surface area (Å²) in [6.07, 6.45) is 1.65. The Labute approximate surface area is 117 Å². The summed E-state index contributed by atoms with van der Waals surface area (Å²) in [5.74, 6) is 0. The van der Waals surface area contributed by atoms with Crippen LogP contribution in [0.4, 0.5) is 5.69 Å². The van der Waals surface area contributed by atoms with Crippen molar-refractivity contribution in [1.29, 1.82) is 0 Å². The number of hydrogen-bond acceptors (Lipinski definition) is 5. The van der Waals surface area contributed by atoms with Gasteiger partial charge in [-0.05, 0) is 29.8 Å². The molecule has 0 atom stereocenters. The van der Waals surface area contributed by atoms with Crippen molar-refractivity contribution in [1.82, 2.24) is 14.8 Å². The van der Waals surface area contributed by atoms with Crippen molar-refractivity contribution in [2.45, 2.75) is 26.4 Å². The SMILES string of the molecule is CC(C)n1ncc(NCc2cscn2)c(Br)c1=O. The first-order valence-electron chi connectivity index (χ1n) is 5.48. The summed E-state index contributed by atoms with van der Waals surface area (Å²) in [6.45, 7) is 4.42. The molecular formula is C11H13BrN4OS. The molecule has 2 rings (SSSR count). The van der Waals surface area contributed by atoms with E-state index in [1.165, 1.54) is 4.68 Å². The lowest BCUT2D eigenvalue weighted by atomic mass is 10.4. The highest BCUT2D eigenvalue weighted by Gasteiger charge is 2.10. The number of nitrogens with zero attached hydrogens (tertiary/aromatic N) is 3. The smallest absolute Gasteiger partial charge is 0.283 e.